The number of aromatic amines is 1. The number of rotatable bonds is 3. The molecule has 8 nitrogen and oxygen atoms in total. The van der Waals surface area contributed by atoms with Gasteiger partial charge in [-0.3, -0.25) is 0 Å². The van der Waals surface area contributed by atoms with Crippen LogP contribution >= 0.6 is 11.6 Å². The molecular weight excluding hydrogens is 354 g/mol. The molecule has 0 aliphatic rings. The van der Waals surface area contributed by atoms with Crippen LogP contribution in [-0.4, -0.2) is 29.9 Å². The van der Waals surface area contributed by atoms with Gasteiger partial charge >= 0.3 is 0 Å². The van der Waals surface area contributed by atoms with E-state index in [2.05, 4.69) is 25.3 Å². The summed E-state index contributed by atoms with van der Waals surface area (Å²) in [4.78, 5) is 11.7. The van der Waals surface area contributed by atoms with Crippen LogP contribution in [0.4, 0.5) is 5.95 Å². The Kier molecular flexibility index (Phi) is 3.19. The number of hydrogen-bond donors (Lipinski definition) is 2. The molecule has 0 radical (unpaired) electrons. The van der Waals surface area contributed by atoms with Crippen molar-refractivity contribution < 1.29 is 4.42 Å². The number of nitrogens with one attached hydrogen (secondary N) is 1. The molecule has 0 spiro atoms. The van der Waals surface area contributed by atoms with Crippen molar-refractivity contribution in [2.75, 3.05) is 5.73 Å². The van der Waals surface area contributed by atoms with Crippen LogP contribution in [0.25, 0.3) is 33.5 Å². The van der Waals surface area contributed by atoms with Crippen molar-refractivity contribution in [3.05, 3.63) is 53.4 Å². The Morgan fingerprint density at radius 1 is 1.23 bits per heavy atom. The smallest absolute Gasteiger partial charge is 0.222 e. The van der Waals surface area contributed by atoms with Crippen molar-refractivity contribution in [2.45, 2.75) is 6.54 Å². The molecule has 0 unspecified atom stereocenters. The number of nitrogen functional groups attached to an aromatic ring is 1. The van der Waals surface area contributed by atoms with Crippen LogP contribution in [0.5, 0.6) is 0 Å². The van der Waals surface area contributed by atoms with E-state index in [0.29, 0.717) is 34.2 Å². The number of fused-ring (bicyclic) bond motifs is 2. The molecule has 128 valence electrons. The Bertz CT molecular complexity index is 1240. The van der Waals surface area contributed by atoms with Gasteiger partial charge in [0.2, 0.25) is 5.95 Å². The van der Waals surface area contributed by atoms with Gasteiger partial charge in [-0.25, -0.2) is 9.67 Å². The van der Waals surface area contributed by atoms with E-state index in [-0.39, 0.29) is 5.95 Å². The number of hydrogen-bond acceptors (Lipinski definition) is 6. The van der Waals surface area contributed by atoms with Crippen LogP contribution in [0.2, 0.25) is 5.02 Å². The van der Waals surface area contributed by atoms with Gasteiger partial charge in [0.15, 0.2) is 16.9 Å². The van der Waals surface area contributed by atoms with Crippen molar-refractivity contribution in [3.63, 3.8) is 0 Å². The van der Waals surface area contributed by atoms with E-state index in [9.17, 15) is 0 Å². The molecular formula is C17H12ClN7O. The normalized spacial score (nSPS) is 11.6. The molecule has 0 aliphatic carbocycles. The third-order valence-corrected chi connectivity index (χ3v) is 4.44. The van der Waals surface area contributed by atoms with E-state index in [1.54, 1.807) is 23.1 Å². The summed E-state index contributed by atoms with van der Waals surface area (Å²) < 4.78 is 7.09. The quantitative estimate of drug-likeness (QED) is 0.507. The van der Waals surface area contributed by atoms with Crippen LogP contribution < -0.4 is 5.73 Å². The predicted octanol–water partition coefficient (Wildman–Crippen LogP) is 3.25. The fourth-order valence-corrected chi connectivity index (χ4v) is 3.32. The molecule has 3 N–H and O–H groups in total. The Hall–Kier alpha value is -3.39. The van der Waals surface area contributed by atoms with Crippen molar-refractivity contribution in [2.24, 2.45) is 0 Å². The fourth-order valence-electron chi connectivity index (χ4n) is 3.01. The molecule has 4 aromatic heterocycles. The summed E-state index contributed by atoms with van der Waals surface area (Å²) in [5.74, 6) is 0.694. The zero-order valence-electron chi connectivity index (χ0n) is 13.3. The molecule has 26 heavy (non-hydrogen) atoms. The Labute approximate surface area is 151 Å². The number of nitrogens with two attached hydrogens (primary N) is 1. The first-order chi connectivity index (χ1) is 12.7. The number of nitrogens with zero attached hydrogens (tertiary/aromatic N) is 5. The van der Waals surface area contributed by atoms with E-state index in [1.165, 1.54) is 0 Å². The van der Waals surface area contributed by atoms with E-state index in [1.807, 2.05) is 24.4 Å². The predicted molar refractivity (Wildman–Crippen MR) is 97.6 cm³/mol. The number of halogens is 1. The molecule has 9 heteroatoms. The third kappa shape index (κ3) is 2.31. The lowest BCUT2D eigenvalue weighted by Crippen LogP contribution is -2.05. The summed E-state index contributed by atoms with van der Waals surface area (Å²) in [5, 5.41) is 10.1. The lowest BCUT2D eigenvalue weighted by atomic mass is 10.1. The lowest BCUT2D eigenvalue weighted by molar-refractivity contribution is 0.580. The van der Waals surface area contributed by atoms with E-state index < -0.39 is 0 Å². The second-order valence-corrected chi connectivity index (χ2v) is 6.25. The molecule has 4 heterocycles. The zero-order valence-corrected chi connectivity index (χ0v) is 14.1. The average molecular weight is 366 g/mol. The van der Waals surface area contributed by atoms with Crippen molar-refractivity contribution in [3.8, 4) is 11.5 Å². The summed E-state index contributed by atoms with van der Waals surface area (Å²) in [6, 6.07) is 9.48. The fraction of sp³-hybridized carbons (Fsp3) is 0.0588. The van der Waals surface area contributed by atoms with E-state index in [4.69, 9.17) is 21.8 Å². The molecule has 5 aromatic rings. The molecule has 0 saturated carbocycles. The standard InChI is InChI=1S/C17H12ClN7O/c18-11-7-9(6-10-3-4-20-13(10)11)8-25-16-15(23-24-25)14(21-17(19)22-16)12-2-1-5-26-12/h1-7,20H,8H2,(H2,19,21,22). The number of aromatic nitrogens is 6. The highest BCUT2D eigenvalue weighted by atomic mass is 35.5. The van der Waals surface area contributed by atoms with Gasteiger partial charge in [-0.05, 0) is 35.9 Å². The Morgan fingerprint density at radius 3 is 3.00 bits per heavy atom. The van der Waals surface area contributed by atoms with Crippen molar-refractivity contribution in [1.82, 2.24) is 29.9 Å². The van der Waals surface area contributed by atoms with Gasteiger partial charge in [0.25, 0.3) is 0 Å². The van der Waals surface area contributed by atoms with Crippen LogP contribution in [0.1, 0.15) is 5.56 Å². The molecule has 0 saturated heterocycles. The summed E-state index contributed by atoms with van der Waals surface area (Å²) in [6.45, 7) is 0.450. The third-order valence-electron chi connectivity index (χ3n) is 4.14. The highest BCUT2D eigenvalue weighted by Gasteiger charge is 2.17. The number of furan rings is 1. The molecule has 0 bridgehead atoms. The highest BCUT2D eigenvalue weighted by molar-refractivity contribution is 6.35. The number of H-pyrrole nitrogens is 1. The maximum atomic E-state index is 6.35. The monoisotopic (exact) mass is 365 g/mol. The first-order valence-corrected chi connectivity index (χ1v) is 8.23. The van der Waals surface area contributed by atoms with Gasteiger partial charge < -0.3 is 15.1 Å². The maximum absolute atomic E-state index is 6.35. The van der Waals surface area contributed by atoms with Gasteiger partial charge in [0.05, 0.1) is 23.3 Å². The first kappa shape index (κ1) is 14.9. The van der Waals surface area contributed by atoms with E-state index >= 15 is 0 Å². The second kappa shape index (κ2) is 5.57. The van der Waals surface area contributed by atoms with Crippen LogP contribution in [0.15, 0.2) is 47.2 Å². The zero-order chi connectivity index (χ0) is 17.7. The van der Waals surface area contributed by atoms with Crippen molar-refractivity contribution in [1.29, 1.82) is 0 Å². The summed E-state index contributed by atoms with van der Waals surface area (Å²) in [6.07, 6.45) is 3.42. The van der Waals surface area contributed by atoms with Gasteiger partial charge in [0.1, 0.15) is 5.69 Å². The van der Waals surface area contributed by atoms with Crippen LogP contribution in [0, 0.1) is 0 Å². The summed E-state index contributed by atoms with van der Waals surface area (Å²) in [5.41, 5.74) is 9.35. The van der Waals surface area contributed by atoms with Gasteiger partial charge in [-0.2, -0.15) is 4.98 Å². The second-order valence-electron chi connectivity index (χ2n) is 5.85. The maximum Gasteiger partial charge on any atom is 0.222 e. The Morgan fingerprint density at radius 2 is 2.15 bits per heavy atom. The number of anilines is 1. The van der Waals surface area contributed by atoms with E-state index in [0.717, 1.165) is 16.5 Å². The largest absolute Gasteiger partial charge is 0.463 e. The van der Waals surface area contributed by atoms with Gasteiger partial charge in [-0.1, -0.05) is 16.8 Å². The Balaban J connectivity index is 1.63. The number of benzene rings is 1. The molecule has 1 aromatic carbocycles. The minimum Gasteiger partial charge on any atom is -0.463 e. The molecule has 0 atom stereocenters. The molecule has 0 fully saturated rings. The topological polar surface area (TPSA) is 111 Å². The van der Waals surface area contributed by atoms with Crippen LogP contribution in [-0.2, 0) is 6.54 Å². The SMILES string of the molecule is Nc1nc(-c2ccco2)c2nnn(Cc3cc(Cl)c4[nH]ccc4c3)c2n1. The van der Waals surface area contributed by atoms with Gasteiger partial charge in [0, 0.05) is 11.6 Å². The summed E-state index contributed by atoms with van der Waals surface area (Å²) >= 11 is 6.35. The first-order valence-electron chi connectivity index (χ1n) is 7.85. The van der Waals surface area contributed by atoms with Crippen LogP contribution in [0.3, 0.4) is 0 Å². The lowest BCUT2D eigenvalue weighted by Gasteiger charge is -2.05. The summed E-state index contributed by atoms with van der Waals surface area (Å²) in [7, 11) is 0. The molecule has 5 rings (SSSR count). The van der Waals surface area contributed by atoms with Crippen molar-refractivity contribution >= 4 is 39.6 Å². The molecule has 0 amide bonds. The highest BCUT2D eigenvalue weighted by Crippen LogP contribution is 2.27. The average Bonchev–Trinajstić information content (AvgIpc) is 3.35. The minimum absolute atomic E-state index is 0.131. The minimum atomic E-state index is 0.131. The molecule has 0 aliphatic heterocycles. The van der Waals surface area contributed by atoms with Gasteiger partial charge in [-0.15, -0.1) is 5.10 Å².